The van der Waals surface area contributed by atoms with Gasteiger partial charge in [-0.05, 0) is 36.5 Å². The molecule has 0 aliphatic heterocycles. The number of rotatable bonds is 2. The Balaban J connectivity index is 2.17. The summed E-state index contributed by atoms with van der Waals surface area (Å²) in [6, 6.07) is 2.67. The van der Waals surface area contributed by atoms with Crippen molar-refractivity contribution < 1.29 is 0 Å². The van der Waals surface area contributed by atoms with Crippen LogP contribution in [0, 0.1) is 40.9 Å². The number of hydrogen-bond donors (Lipinski definition) is 0. The van der Waals surface area contributed by atoms with Crippen LogP contribution in [-0.4, -0.2) is 0 Å². The summed E-state index contributed by atoms with van der Waals surface area (Å²) in [5, 5.41) is 9.49. The molecule has 0 amide bonds. The first-order valence-corrected chi connectivity index (χ1v) is 7.21. The lowest BCUT2D eigenvalue weighted by Gasteiger charge is -2.46. The quantitative estimate of drug-likeness (QED) is 0.675. The average Bonchev–Trinajstić information content (AvgIpc) is 2.36. The minimum atomic E-state index is 0.369. The van der Waals surface area contributed by atoms with Crippen molar-refractivity contribution in [2.24, 2.45) is 29.6 Å². The molecular formula is C15H25N. The molecule has 90 valence electrons. The van der Waals surface area contributed by atoms with Gasteiger partial charge in [0.1, 0.15) is 0 Å². The number of nitriles is 1. The van der Waals surface area contributed by atoms with Gasteiger partial charge in [0, 0.05) is 0 Å². The van der Waals surface area contributed by atoms with E-state index in [0.717, 1.165) is 17.8 Å². The van der Waals surface area contributed by atoms with E-state index in [2.05, 4.69) is 19.9 Å². The first-order valence-electron chi connectivity index (χ1n) is 7.21. The Morgan fingerprint density at radius 1 is 1.12 bits per heavy atom. The number of fused-ring (bicyclic) bond motifs is 1. The van der Waals surface area contributed by atoms with Gasteiger partial charge in [0.05, 0.1) is 12.0 Å². The second-order valence-electron chi connectivity index (χ2n) is 5.84. The molecule has 0 spiro atoms. The molecule has 0 aromatic heterocycles. The summed E-state index contributed by atoms with van der Waals surface area (Å²) in [6.07, 6.45) is 9.41. The molecule has 1 heteroatoms. The van der Waals surface area contributed by atoms with Gasteiger partial charge in [0.25, 0.3) is 0 Å². The van der Waals surface area contributed by atoms with Crippen LogP contribution < -0.4 is 0 Å². The van der Waals surface area contributed by atoms with Crippen LogP contribution in [0.4, 0.5) is 0 Å². The fraction of sp³-hybridized carbons (Fsp3) is 0.933. The SMILES string of the molecule is CCC1CC2CCCCC2C(C#N)C1CC. The fourth-order valence-electron chi connectivity index (χ4n) is 4.42. The Hall–Kier alpha value is -0.510. The molecule has 5 unspecified atom stereocenters. The summed E-state index contributed by atoms with van der Waals surface area (Å²) in [5.74, 6) is 3.51. The maximum Gasteiger partial charge on any atom is 0.0661 e. The summed E-state index contributed by atoms with van der Waals surface area (Å²) >= 11 is 0. The van der Waals surface area contributed by atoms with Gasteiger partial charge in [0.2, 0.25) is 0 Å². The molecule has 2 rings (SSSR count). The molecule has 2 fully saturated rings. The van der Waals surface area contributed by atoms with Gasteiger partial charge in [-0.3, -0.25) is 0 Å². The Bertz CT molecular complexity index is 259. The van der Waals surface area contributed by atoms with Gasteiger partial charge in [-0.2, -0.15) is 5.26 Å². The lowest BCUT2D eigenvalue weighted by atomic mass is 9.57. The lowest BCUT2D eigenvalue weighted by molar-refractivity contribution is 0.0343. The van der Waals surface area contributed by atoms with Crippen LogP contribution in [0.1, 0.15) is 58.8 Å². The summed E-state index contributed by atoms with van der Waals surface area (Å²) in [5.41, 5.74) is 0. The van der Waals surface area contributed by atoms with E-state index in [9.17, 15) is 5.26 Å². The lowest BCUT2D eigenvalue weighted by Crippen LogP contribution is -2.40. The molecule has 0 aromatic rings. The highest BCUT2D eigenvalue weighted by Gasteiger charge is 2.43. The normalized spacial score (nSPS) is 43.4. The summed E-state index contributed by atoms with van der Waals surface area (Å²) in [7, 11) is 0. The molecule has 2 aliphatic carbocycles. The summed E-state index contributed by atoms with van der Waals surface area (Å²) < 4.78 is 0. The van der Waals surface area contributed by atoms with Gasteiger partial charge in [-0.25, -0.2) is 0 Å². The zero-order valence-electron chi connectivity index (χ0n) is 10.8. The van der Waals surface area contributed by atoms with Crippen LogP contribution in [0.2, 0.25) is 0 Å². The molecule has 2 saturated carbocycles. The smallest absolute Gasteiger partial charge is 0.0661 e. The van der Waals surface area contributed by atoms with Gasteiger partial charge in [-0.15, -0.1) is 0 Å². The molecule has 1 nitrogen and oxygen atoms in total. The zero-order valence-corrected chi connectivity index (χ0v) is 10.8. The first kappa shape index (κ1) is 12.0. The molecular weight excluding hydrogens is 194 g/mol. The second kappa shape index (κ2) is 5.21. The Kier molecular flexibility index (Phi) is 3.90. The first-order chi connectivity index (χ1) is 7.81. The van der Waals surface area contributed by atoms with Crippen molar-refractivity contribution in [2.45, 2.75) is 58.8 Å². The Labute approximate surface area is 100 Å². The van der Waals surface area contributed by atoms with E-state index in [-0.39, 0.29) is 0 Å². The van der Waals surface area contributed by atoms with Gasteiger partial charge >= 0.3 is 0 Å². The summed E-state index contributed by atoms with van der Waals surface area (Å²) in [6.45, 7) is 4.59. The third kappa shape index (κ3) is 1.99. The van der Waals surface area contributed by atoms with Crippen molar-refractivity contribution in [3.8, 4) is 6.07 Å². The fourth-order valence-corrected chi connectivity index (χ4v) is 4.42. The number of hydrogen-bond acceptors (Lipinski definition) is 1. The van der Waals surface area contributed by atoms with Gasteiger partial charge in [-0.1, -0.05) is 46.0 Å². The zero-order chi connectivity index (χ0) is 11.5. The highest BCUT2D eigenvalue weighted by atomic mass is 14.5. The molecule has 0 aromatic carbocycles. The molecule has 0 N–H and O–H groups in total. The minimum Gasteiger partial charge on any atom is -0.198 e. The highest BCUT2D eigenvalue weighted by molar-refractivity contribution is 5.01. The van der Waals surface area contributed by atoms with Crippen LogP contribution >= 0.6 is 0 Å². The number of nitrogens with zero attached hydrogens (tertiary/aromatic N) is 1. The molecule has 0 saturated heterocycles. The third-order valence-corrected chi connectivity index (χ3v) is 5.25. The Morgan fingerprint density at radius 2 is 1.88 bits per heavy atom. The third-order valence-electron chi connectivity index (χ3n) is 5.25. The predicted molar refractivity (Wildman–Crippen MR) is 66.7 cm³/mol. The van der Waals surface area contributed by atoms with Crippen molar-refractivity contribution in [1.29, 1.82) is 5.26 Å². The monoisotopic (exact) mass is 219 g/mol. The minimum absolute atomic E-state index is 0.369. The van der Waals surface area contributed by atoms with Crippen molar-refractivity contribution >= 4 is 0 Å². The highest BCUT2D eigenvalue weighted by Crippen LogP contribution is 2.50. The molecule has 16 heavy (non-hydrogen) atoms. The topological polar surface area (TPSA) is 23.8 Å². The van der Waals surface area contributed by atoms with Crippen LogP contribution in [0.5, 0.6) is 0 Å². The maximum absolute atomic E-state index is 9.49. The van der Waals surface area contributed by atoms with Crippen molar-refractivity contribution in [2.75, 3.05) is 0 Å². The van der Waals surface area contributed by atoms with E-state index >= 15 is 0 Å². The largest absolute Gasteiger partial charge is 0.198 e. The van der Waals surface area contributed by atoms with Crippen LogP contribution in [0.25, 0.3) is 0 Å². The van der Waals surface area contributed by atoms with Crippen molar-refractivity contribution in [3.63, 3.8) is 0 Å². The summed E-state index contributed by atoms with van der Waals surface area (Å²) in [4.78, 5) is 0. The van der Waals surface area contributed by atoms with Crippen LogP contribution in [0.3, 0.4) is 0 Å². The van der Waals surface area contributed by atoms with Gasteiger partial charge < -0.3 is 0 Å². The van der Waals surface area contributed by atoms with E-state index < -0.39 is 0 Å². The van der Waals surface area contributed by atoms with E-state index in [4.69, 9.17) is 0 Å². The Morgan fingerprint density at radius 3 is 2.50 bits per heavy atom. The van der Waals surface area contributed by atoms with Crippen LogP contribution in [-0.2, 0) is 0 Å². The maximum atomic E-state index is 9.49. The van der Waals surface area contributed by atoms with Crippen molar-refractivity contribution in [3.05, 3.63) is 0 Å². The van der Waals surface area contributed by atoms with E-state index in [1.54, 1.807) is 0 Å². The van der Waals surface area contributed by atoms with Crippen LogP contribution in [0.15, 0.2) is 0 Å². The average molecular weight is 219 g/mol. The van der Waals surface area contributed by atoms with E-state index in [0.29, 0.717) is 11.8 Å². The van der Waals surface area contributed by atoms with Gasteiger partial charge in [0.15, 0.2) is 0 Å². The van der Waals surface area contributed by atoms with E-state index in [1.807, 2.05) is 0 Å². The standard InChI is InChI=1S/C15H25N/c1-3-11-9-12-7-5-6-8-14(12)15(10-16)13(11)4-2/h11-15H,3-9H2,1-2H3. The molecule has 2 aliphatic rings. The molecule has 0 bridgehead atoms. The molecule has 5 atom stereocenters. The van der Waals surface area contributed by atoms with E-state index in [1.165, 1.54) is 44.9 Å². The molecule has 0 heterocycles. The second-order valence-corrected chi connectivity index (χ2v) is 5.84. The van der Waals surface area contributed by atoms with Crippen molar-refractivity contribution in [1.82, 2.24) is 0 Å². The predicted octanol–water partition coefficient (Wildman–Crippen LogP) is 4.39. The molecule has 0 radical (unpaired) electrons.